The van der Waals surface area contributed by atoms with E-state index >= 15 is 0 Å². The van der Waals surface area contributed by atoms with E-state index in [0.717, 1.165) is 5.57 Å². The molecule has 0 radical (unpaired) electrons. The van der Waals surface area contributed by atoms with E-state index in [9.17, 15) is 4.79 Å². The standard InChI is InChI=1S/C5H8O2.Li.H/c1-4(2)3-5(6)7;;/h3H,1-2H3,(H,6,7);;. The Hall–Kier alpha value is -0.193. The molecule has 0 aliphatic heterocycles. The average Bonchev–Trinajstić information content (AvgIpc) is 1.27. The summed E-state index contributed by atoms with van der Waals surface area (Å²) in [6.45, 7) is 3.49. The van der Waals surface area contributed by atoms with E-state index in [2.05, 4.69) is 0 Å². The van der Waals surface area contributed by atoms with Crippen LogP contribution in [0.1, 0.15) is 13.8 Å². The molecule has 8 heavy (non-hydrogen) atoms. The van der Waals surface area contributed by atoms with Crippen LogP contribution in [0.5, 0.6) is 0 Å². The molecule has 0 fully saturated rings. The van der Waals surface area contributed by atoms with Crippen molar-refractivity contribution in [1.82, 2.24) is 0 Å². The second-order valence-corrected chi connectivity index (χ2v) is 1.56. The third-order valence-electron chi connectivity index (χ3n) is 0.412. The van der Waals surface area contributed by atoms with Crippen LogP contribution in [-0.4, -0.2) is 29.9 Å². The fourth-order valence-corrected chi connectivity index (χ4v) is 0.247. The molecular weight excluding hydrogens is 99.0 g/mol. The first-order chi connectivity index (χ1) is 3.13. The Kier molecular flexibility index (Phi) is 6.64. The van der Waals surface area contributed by atoms with Gasteiger partial charge in [-0.2, -0.15) is 0 Å². The van der Waals surface area contributed by atoms with Crippen LogP contribution in [0.2, 0.25) is 0 Å². The first-order valence-corrected chi connectivity index (χ1v) is 2.01. The van der Waals surface area contributed by atoms with Gasteiger partial charge in [-0.3, -0.25) is 0 Å². The fraction of sp³-hybridized carbons (Fsp3) is 0.400. The van der Waals surface area contributed by atoms with Crippen LogP contribution in [-0.2, 0) is 4.79 Å². The van der Waals surface area contributed by atoms with E-state index in [1.807, 2.05) is 0 Å². The van der Waals surface area contributed by atoms with Gasteiger partial charge in [0.05, 0.1) is 0 Å². The predicted octanol–water partition coefficient (Wildman–Crippen LogP) is 0.389. The molecule has 0 aromatic heterocycles. The van der Waals surface area contributed by atoms with Crippen LogP contribution in [0.25, 0.3) is 0 Å². The van der Waals surface area contributed by atoms with Crippen molar-refractivity contribution in [2.45, 2.75) is 13.8 Å². The minimum atomic E-state index is -0.875. The van der Waals surface area contributed by atoms with Gasteiger partial charge in [0.15, 0.2) is 0 Å². The summed E-state index contributed by atoms with van der Waals surface area (Å²) in [6, 6.07) is 0. The van der Waals surface area contributed by atoms with Gasteiger partial charge in [0.25, 0.3) is 0 Å². The Bertz CT molecular complexity index is 103. The Labute approximate surface area is 60.8 Å². The van der Waals surface area contributed by atoms with Gasteiger partial charge in [-0.15, -0.1) is 0 Å². The summed E-state index contributed by atoms with van der Waals surface area (Å²) in [5.41, 5.74) is 0.813. The summed E-state index contributed by atoms with van der Waals surface area (Å²) in [5, 5.41) is 8.01. The van der Waals surface area contributed by atoms with E-state index in [0.29, 0.717) is 0 Å². The number of hydrogen-bond donors (Lipinski definition) is 1. The van der Waals surface area contributed by atoms with Gasteiger partial charge < -0.3 is 5.11 Å². The van der Waals surface area contributed by atoms with Crippen molar-refractivity contribution in [3.63, 3.8) is 0 Å². The molecule has 0 aliphatic carbocycles. The van der Waals surface area contributed by atoms with Gasteiger partial charge in [-0.05, 0) is 13.8 Å². The third kappa shape index (κ3) is 9.26. The maximum atomic E-state index is 9.73. The van der Waals surface area contributed by atoms with E-state index in [1.54, 1.807) is 13.8 Å². The van der Waals surface area contributed by atoms with Crippen molar-refractivity contribution in [3.05, 3.63) is 11.6 Å². The molecule has 3 heteroatoms. The van der Waals surface area contributed by atoms with Crippen molar-refractivity contribution in [1.29, 1.82) is 0 Å². The summed E-state index contributed by atoms with van der Waals surface area (Å²) < 4.78 is 0. The molecule has 0 aliphatic rings. The molecule has 0 saturated carbocycles. The molecular formula is C5H9LiO2. The molecule has 0 amide bonds. The summed E-state index contributed by atoms with van der Waals surface area (Å²) in [6.07, 6.45) is 1.17. The molecule has 2 nitrogen and oxygen atoms in total. The number of carboxylic acid groups (broad SMARTS) is 1. The van der Waals surface area contributed by atoms with E-state index in [4.69, 9.17) is 5.11 Å². The van der Waals surface area contributed by atoms with E-state index < -0.39 is 5.97 Å². The summed E-state index contributed by atoms with van der Waals surface area (Å²) >= 11 is 0. The average molecular weight is 108 g/mol. The zero-order valence-corrected chi connectivity index (χ0v) is 4.43. The van der Waals surface area contributed by atoms with Gasteiger partial charge in [-0.25, -0.2) is 4.79 Å². The van der Waals surface area contributed by atoms with Crippen LogP contribution < -0.4 is 0 Å². The quantitative estimate of drug-likeness (QED) is 0.389. The molecule has 0 unspecified atom stereocenters. The number of rotatable bonds is 1. The van der Waals surface area contributed by atoms with Crippen molar-refractivity contribution in [2.24, 2.45) is 0 Å². The van der Waals surface area contributed by atoms with Crippen molar-refractivity contribution >= 4 is 24.8 Å². The summed E-state index contributed by atoms with van der Waals surface area (Å²) in [4.78, 5) is 9.73. The Morgan fingerprint density at radius 2 is 1.88 bits per heavy atom. The number of allylic oxidation sites excluding steroid dienone is 1. The molecule has 1 N–H and O–H groups in total. The van der Waals surface area contributed by atoms with E-state index in [-0.39, 0.29) is 18.9 Å². The number of carboxylic acids is 1. The SMILES string of the molecule is CC(C)=CC(=O)O.[LiH]. The van der Waals surface area contributed by atoms with Crippen molar-refractivity contribution in [3.8, 4) is 0 Å². The topological polar surface area (TPSA) is 37.3 Å². The molecule has 42 valence electrons. The van der Waals surface area contributed by atoms with Crippen LogP contribution in [0.3, 0.4) is 0 Å². The Balaban J connectivity index is 0. The first kappa shape index (κ1) is 10.7. The number of aliphatic carboxylic acids is 1. The molecule has 0 bridgehead atoms. The van der Waals surface area contributed by atoms with Crippen LogP contribution >= 0.6 is 0 Å². The van der Waals surface area contributed by atoms with Crippen molar-refractivity contribution < 1.29 is 9.90 Å². The Morgan fingerprint density at radius 3 is 1.88 bits per heavy atom. The molecule has 0 atom stereocenters. The van der Waals surface area contributed by atoms with Gasteiger partial charge >= 0.3 is 24.8 Å². The summed E-state index contributed by atoms with van der Waals surface area (Å²) in [7, 11) is 0. The van der Waals surface area contributed by atoms with Crippen LogP contribution in [0.4, 0.5) is 0 Å². The molecule has 0 spiro atoms. The third-order valence-corrected chi connectivity index (χ3v) is 0.412. The molecule has 0 heterocycles. The van der Waals surface area contributed by atoms with Gasteiger partial charge in [0.1, 0.15) is 0 Å². The predicted molar refractivity (Wildman–Crippen MR) is 34.2 cm³/mol. The zero-order chi connectivity index (χ0) is 5.86. The van der Waals surface area contributed by atoms with Crippen molar-refractivity contribution in [2.75, 3.05) is 0 Å². The summed E-state index contributed by atoms with van der Waals surface area (Å²) in [5.74, 6) is -0.875. The molecule has 0 aromatic carbocycles. The fourth-order valence-electron chi connectivity index (χ4n) is 0.247. The zero-order valence-electron chi connectivity index (χ0n) is 4.43. The van der Waals surface area contributed by atoms with Gasteiger partial charge in [0.2, 0.25) is 0 Å². The molecule has 0 saturated heterocycles. The normalized spacial score (nSPS) is 6.75. The molecule has 0 aromatic rings. The van der Waals surface area contributed by atoms with Gasteiger partial charge in [-0.1, -0.05) is 5.57 Å². The Morgan fingerprint density at radius 1 is 1.50 bits per heavy atom. The number of carbonyl (C=O) groups is 1. The second kappa shape index (κ2) is 4.95. The monoisotopic (exact) mass is 108 g/mol. The maximum absolute atomic E-state index is 9.73. The van der Waals surface area contributed by atoms with Gasteiger partial charge in [0, 0.05) is 6.08 Å². The first-order valence-electron chi connectivity index (χ1n) is 2.01. The van der Waals surface area contributed by atoms with Crippen LogP contribution in [0.15, 0.2) is 11.6 Å². The van der Waals surface area contributed by atoms with E-state index in [1.165, 1.54) is 6.08 Å². The molecule has 0 rings (SSSR count). The minimum absolute atomic E-state index is 0. The second-order valence-electron chi connectivity index (χ2n) is 1.56. The van der Waals surface area contributed by atoms with Crippen LogP contribution in [0, 0.1) is 0 Å². The number of hydrogen-bond acceptors (Lipinski definition) is 1.